The Kier molecular flexibility index (Phi) is 2.16. The maximum atomic E-state index is 9.69. The predicted molar refractivity (Wildman–Crippen MR) is 61.1 cm³/mol. The Balaban J connectivity index is 1.98. The van der Waals surface area contributed by atoms with E-state index in [1.165, 1.54) is 0 Å². The van der Waals surface area contributed by atoms with Gasteiger partial charge in [0.2, 0.25) is 0 Å². The van der Waals surface area contributed by atoms with Gasteiger partial charge in [0.25, 0.3) is 5.89 Å². The van der Waals surface area contributed by atoms with Crippen LogP contribution in [0.15, 0.2) is 28.8 Å². The Morgan fingerprint density at radius 2 is 2.06 bits per heavy atom. The van der Waals surface area contributed by atoms with Crippen LogP contribution in [0.3, 0.4) is 0 Å². The highest BCUT2D eigenvalue weighted by Gasteiger charge is 2.39. The molecule has 0 bridgehead atoms. The van der Waals surface area contributed by atoms with Crippen molar-refractivity contribution >= 4 is 0 Å². The third-order valence-electron chi connectivity index (χ3n) is 3.25. The van der Waals surface area contributed by atoms with Crippen molar-refractivity contribution in [3.8, 4) is 17.2 Å². The number of hydrogen-bond acceptors (Lipinski definition) is 5. The monoisotopic (exact) mass is 231 g/mol. The number of nitrogens with two attached hydrogens (primary N) is 1. The molecule has 1 aromatic carbocycles. The lowest BCUT2D eigenvalue weighted by atomic mass is 9.77. The summed E-state index contributed by atoms with van der Waals surface area (Å²) in [5.74, 6) is 0.971. The summed E-state index contributed by atoms with van der Waals surface area (Å²) >= 11 is 0. The van der Waals surface area contributed by atoms with Crippen molar-refractivity contribution in [2.45, 2.75) is 24.8 Å². The van der Waals surface area contributed by atoms with E-state index >= 15 is 0 Å². The van der Waals surface area contributed by atoms with Gasteiger partial charge in [-0.15, -0.1) is 0 Å². The molecule has 0 amide bonds. The van der Waals surface area contributed by atoms with Crippen molar-refractivity contribution in [1.82, 2.24) is 10.1 Å². The zero-order valence-electron chi connectivity index (χ0n) is 9.26. The predicted octanol–water partition coefficient (Wildman–Crippen LogP) is 1.78. The van der Waals surface area contributed by atoms with Crippen molar-refractivity contribution in [2.24, 2.45) is 5.73 Å². The van der Waals surface area contributed by atoms with E-state index in [9.17, 15) is 5.11 Å². The summed E-state index contributed by atoms with van der Waals surface area (Å²) in [7, 11) is 0. The van der Waals surface area contributed by atoms with Gasteiger partial charge in [0.05, 0.1) is 11.1 Å². The van der Waals surface area contributed by atoms with Gasteiger partial charge in [-0.05, 0) is 31.4 Å². The van der Waals surface area contributed by atoms with Crippen molar-refractivity contribution in [3.63, 3.8) is 0 Å². The van der Waals surface area contributed by atoms with Crippen molar-refractivity contribution in [2.75, 3.05) is 0 Å². The summed E-state index contributed by atoms with van der Waals surface area (Å²) in [5, 5.41) is 13.6. The second-order valence-corrected chi connectivity index (χ2v) is 4.45. The lowest BCUT2D eigenvalue weighted by Gasteiger charge is -2.34. The van der Waals surface area contributed by atoms with E-state index in [4.69, 9.17) is 10.3 Å². The van der Waals surface area contributed by atoms with E-state index in [0.29, 0.717) is 17.3 Å². The second-order valence-electron chi connectivity index (χ2n) is 4.45. The van der Waals surface area contributed by atoms with Crippen LogP contribution < -0.4 is 5.73 Å². The van der Waals surface area contributed by atoms with Crippen LogP contribution in [0.2, 0.25) is 0 Å². The van der Waals surface area contributed by atoms with Gasteiger partial charge in [0, 0.05) is 0 Å². The molecule has 5 nitrogen and oxygen atoms in total. The molecule has 0 radical (unpaired) electrons. The molecule has 0 aliphatic heterocycles. The van der Waals surface area contributed by atoms with Crippen molar-refractivity contribution in [1.29, 1.82) is 0 Å². The fraction of sp³-hybridized carbons (Fsp3) is 0.333. The van der Waals surface area contributed by atoms with Crippen molar-refractivity contribution < 1.29 is 9.63 Å². The van der Waals surface area contributed by atoms with Gasteiger partial charge in [-0.3, -0.25) is 0 Å². The number of phenolic OH excluding ortho intramolecular Hbond substituents is 1. The van der Waals surface area contributed by atoms with E-state index in [-0.39, 0.29) is 5.75 Å². The Labute approximate surface area is 98.3 Å². The third kappa shape index (κ3) is 1.59. The van der Waals surface area contributed by atoms with Gasteiger partial charge < -0.3 is 15.4 Å². The lowest BCUT2D eigenvalue weighted by molar-refractivity contribution is 0.229. The van der Waals surface area contributed by atoms with E-state index in [1.807, 2.05) is 0 Å². The Morgan fingerprint density at radius 1 is 1.29 bits per heavy atom. The quantitative estimate of drug-likeness (QED) is 0.822. The number of hydrogen-bond donors (Lipinski definition) is 2. The summed E-state index contributed by atoms with van der Waals surface area (Å²) in [6.45, 7) is 0. The number of aromatic nitrogens is 2. The van der Waals surface area contributed by atoms with Gasteiger partial charge in [-0.25, -0.2) is 0 Å². The van der Waals surface area contributed by atoms with Crippen LogP contribution >= 0.6 is 0 Å². The zero-order valence-corrected chi connectivity index (χ0v) is 9.26. The number of rotatable bonds is 2. The molecular weight excluding hydrogens is 218 g/mol. The van der Waals surface area contributed by atoms with Crippen LogP contribution in [-0.2, 0) is 5.54 Å². The van der Waals surface area contributed by atoms with Crippen molar-refractivity contribution in [3.05, 3.63) is 30.1 Å². The molecule has 0 spiro atoms. The molecule has 0 saturated heterocycles. The maximum Gasteiger partial charge on any atom is 0.261 e. The highest BCUT2D eigenvalue weighted by atomic mass is 16.5. The first-order valence-corrected chi connectivity index (χ1v) is 5.60. The molecule has 1 aliphatic rings. The molecule has 1 fully saturated rings. The SMILES string of the molecule is NC1(c2noc(-c3ccccc3O)n2)CCC1. The van der Waals surface area contributed by atoms with E-state index in [0.717, 1.165) is 19.3 Å². The smallest absolute Gasteiger partial charge is 0.261 e. The average molecular weight is 231 g/mol. The number of benzene rings is 1. The first kappa shape index (κ1) is 10.3. The fourth-order valence-electron chi connectivity index (χ4n) is 1.97. The number of phenols is 1. The molecule has 1 heterocycles. The van der Waals surface area contributed by atoms with E-state index in [1.54, 1.807) is 24.3 Å². The second kappa shape index (κ2) is 3.56. The van der Waals surface area contributed by atoms with Crippen LogP contribution in [0, 0.1) is 0 Å². The Hall–Kier alpha value is -1.88. The fourth-order valence-corrected chi connectivity index (χ4v) is 1.97. The lowest BCUT2D eigenvalue weighted by Crippen LogP contribution is -2.44. The normalized spacial score (nSPS) is 17.7. The highest BCUT2D eigenvalue weighted by Crippen LogP contribution is 2.38. The van der Waals surface area contributed by atoms with Crippen LogP contribution in [0.1, 0.15) is 25.1 Å². The molecule has 17 heavy (non-hydrogen) atoms. The molecule has 0 unspecified atom stereocenters. The zero-order chi connectivity index (χ0) is 11.9. The molecule has 3 rings (SSSR count). The molecule has 5 heteroatoms. The minimum absolute atomic E-state index is 0.127. The summed E-state index contributed by atoms with van der Waals surface area (Å²) in [4.78, 5) is 4.27. The number of aromatic hydroxyl groups is 1. The summed E-state index contributed by atoms with van der Waals surface area (Å²) in [5.41, 5.74) is 6.20. The molecule has 1 saturated carbocycles. The molecule has 3 N–H and O–H groups in total. The third-order valence-corrected chi connectivity index (χ3v) is 3.25. The summed E-state index contributed by atoms with van der Waals surface area (Å²) in [6, 6.07) is 6.87. The molecule has 88 valence electrons. The molecular formula is C12H13N3O2. The highest BCUT2D eigenvalue weighted by molar-refractivity contribution is 5.61. The van der Waals surface area contributed by atoms with E-state index in [2.05, 4.69) is 10.1 Å². The van der Waals surface area contributed by atoms with Gasteiger partial charge in [-0.2, -0.15) is 4.98 Å². The van der Waals surface area contributed by atoms with Crippen LogP contribution in [0.25, 0.3) is 11.5 Å². The minimum Gasteiger partial charge on any atom is -0.507 e. The van der Waals surface area contributed by atoms with Crippen LogP contribution in [0.4, 0.5) is 0 Å². The molecule has 1 aliphatic carbocycles. The number of para-hydroxylation sites is 1. The molecule has 1 aromatic heterocycles. The van der Waals surface area contributed by atoms with Crippen LogP contribution in [0.5, 0.6) is 5.75 Å². The van der Waals surface area contributed by atoms with Gasteiger partial charge >= 0.3 is 0 Å². The minimum atomic E-state index is -0.438. The van der Waals surface area contributed by atoms with Gasteiger partial charge in [0.15, 0.2) is 5.82 Å². The van der Waals surface area contributed by atoms with E-state index < -0.39 is 5.54 Å². The van der Waals surface area contributed by atoms with Crippen LogP contribution in [-0.4, -0.2) is 15.2 Å². The topological polar surface area (TPSA) is 85.2 Å². The Morgan fingerprint density at radius 3 is 2.71 bits per heavy atom. The summed E-state index contributed by atoms with van der Waals surface area (Å²) < 4.78 is 5.15. The van der Waals surface area contributed by atoms with Gasteiger partial charge in [-0.1, -0.05) is 17.3 Å². The molecule has 0 atom stereocenters. The molecule has 2 aromatic rings. The maximum absolute atomic E-state index is 9.69. The number of nitrogens with zero attached hydrogens (tertiary/aromatic N) is 2. The average Bonchev–Trinajstić information content (AvgIpc) is 2.76. The first-order chi connectivity index (χ1) is 8.19. The van der Waals surface area contributed by atoms with Gasteiger partial charge in [0.1, 0.15) is 5.75 Å². The Bertz CT molecular complexity index is 546. The first-order valence-electron chi connectivity index (χ1n) is 5.60. The standard InChI is InChI=1S/C12H13N3O2/c13-12(6-3-7-12)11-14-10(17-15-11)8-4-1-2-5-9(8)16/h1-2,4-5,16H,3,6-7,13H2. The largest absolute Gasteiger partial charge is 0.507 e. The summed E-state index contributed by atoms with van der Waals surface area (Å²) in [6.07, 6.45) is 2.86.